The Balaban J connectivity index is 1.34. The Bertz CT molecular complexity index is 728. The number of carbonyl (C=O) groups excluding carboxylic acids is 1. The molecule has 0 spiro atoms. The third kappa shape index (κ3) is 3.52. The van der Waals surface area contributed by atoms with Gasteiger partial charge in [0.2, 0.25) is 0 Å². The van der Waals surface area contributed by atoms with E-state index in [1.165, 1.54) is 12.8 Å². The maximum Gasteiger partial charge on any atom is 0.253 e. The van der Waals surface area contributed by atoms with Crippen LogP contribution < -0.4 is 4.74 Å². The van der Waals surface area contributed by atoms with Gasteiger partial charge in [0.25, 0.3) is 5.91 Å². The van der Waals surface area contributed by atoms with E-state index in [0.717, 1.165) is 48.9 Å². The molecule has 2 fully saturated rings. The summed E-state index contributed by atoms with van der Waals surface area (Å²) in [6.45, 7) is 4.10. The van der Waals surface area contributed by atoms with E-state index in [-0.39, 0.29) is 5.91 Å². The largest absolute Gasteiger partial charge is 0.494 e. The molecule has 0 unspecified atom stereocenters. The van der Waals surface area contributed by atoms with Crippen molar-refractivity contribution in [3.63, 3.8) is 0 Å². The monoisotopic (exact) mass is 340 g/mol. The van der Waals surface area contributed by atoms with E-state index < -0.39 is 0 Å². The molecular weight excluding hydrogens is 316 g/mol. The maximum absolute atomic E-state index is 12.7. The second-order valence-electron chi connectivity index (χ2n) is 6.88. The molecule has 132 valence electrons. The molecule has 1 saturated heterocycles. The minimum atomic E-state index is 0.0951. The number of nitrogens with zero attached hydrogens (tertiary/aromatic N) is 3. The Hall–Kier alpha value is -2.37. The van der Waals surface area contributed by atoms with Crippen LogP contribution in [0.2, 0.25) is 0 Å². The zero-order valence-electron chi connectivity index (χ0n) is 14.6. The number of aromatic amines is 1. The smallest absolute Gasteiger partial charge is 0.253 e. The average Bonchev–Trinajstić information content (AvgIpc) is 3.39. The van der Waals surface area contributed by atoms with Gasteiger partial charge in [0, 0.05) is 30.5 Å². The number of hydrogen-bond donors (Lipinski definition) is 1. The van der Waals surface area contributed by atoms with Crippen LogP contribution in [0.1, 0.15) is 66.4 Å². The third-order valence-corrected chi connectivity index (χ3v) is 5.04. The van der Waals surface area contributed by atoms with Gasteiger partial charge in [-0.2, -0.15) is 5.10 Å². The summed E-state index contributed by atoms with van der Waals surface area (Å²) in [6.07, 6.45) is 4.29. The molecule has 1 aromatic carbocycles. The van der Waals surface area contributed by atoms with Gasteiger partial charge in [-0.05, 0) is 56.9 Å². The first kappa shape index (κ1) is 16.1. The normalized spacial score (nSPS) is 18.4. The second-order valence-corrected chi connectivity index (χ2v) is 6.88. The molecule has 2 aliphatic rings. The van der Waals surface area contributed by atoms with Crippen molar-refractivity contribution >= 4 is 5.91 Å². The van der Waals surface area contributed by atoms with Crippen LogP contribution in [0.25, 0.3) is 0 Å². The summed E-state index contributed by atoms with van der Waals surface area (Å²) < 4.78 is 5.43. The number of amides is 1. The molecule has 1 N–H and O–H groups in total. The van der Waals surface area contributed by atoms with Gasteiger partial charge in [0.05, 0.1) is 6.61 Å². The minimum Gasteiger partial charge on any atom is -0.494 e. The van der Waals surface area contributed by atoms with Crippen molar-refractivity contribution in [3.05, 3.63) is 41.5 Å². The fourth-order valence-corrected chi connectivity index (χ4v) is 3.39. The van der Waals surface area contributed by atoms with Crippen LogP contribution >= 0.6 is 0 Å². The molecule has 0 atom stereocenters. The van der Waals surface area contributed by atoms with Crippen molar-refractivity contribution in [2.45, 2.75) is 44.4 Å². The highest BCUT2D eigenvalue weighted by molar-refractivity contribution is 5.94. The van der Waals surface area contributed by atoms with Gasteiger partial charge < -0.3 is 9.64 Å². The van der Waals surface area contributed by atoms with Crippen LogP contribution in [0.5, 0.6) is 5.75 Å². The van der Waals surface area contributed by atoms with Crippen molar-refractivity contribution in [2.24, 2.45) is 0 Å². The highest BCUT2D eigenvalue weighted by Crippen LogP contribution is 2.38. The lowest BCUT2D eigenvalue weighted by Gasteiger charge is -2.31. The quantitative estimate of drug-likeness (QED) is 0.908. The Morgan fingerprint density at radius 3 is 2.52 bits per heavy atom. The first-order valence-corrected chi connectivity index (χ1v) is 9.19. The number of H-pyrrole nitrogens is 1. The van der Waals surface area contributed by atoms with Crippen LogP contribution in [0.3, 0.4) is 0 Å². The molecule has 0 bridgehead atoms. The molecule has 1 aromatic heterocycles. The summed E-state index contributed by atoms with van der Waals surface area (Å²) in [5, 5.41) is 7.46. The fraction of sp³-hybridized carbons (Fsp3) is 0.526. The van der Waals surface area contributed by atoms with E-state index in [1.54, 1.807) is 0 Å². The number of aromatic nitrogens is 3. The standard InChI is InChI=1S/C19H24N4O2/c1-2-25-16-7-5-15(6-8-16)19(24)23-11-9-14(10-12-23)18-20-17(21-22-18)13-3-4-13/h5-8,13-14H,2-4,9-12H2,1H3,(H,20,21,22). The van der Waals surface area contributed by atoms with E-state index in [4.69, 9.17) is 4.74 Å². The summed E-state index contributed by atoms with van der Waals surface area (Å²) in [6, 6.07) is 7.41. The van der Waals surface area contributed by atoms with Crippen LogP contribution in [0.15, 0.2) is 24.3 Å². The molecule has 1 aliphatic heterocycles. The van der Waals surface area contributed by atoms with Crippen molar-refractivity contribution < 1.29 is 9.53 Å². The molecule has 4 rings (SSSR count). The Labute approximate surface area is 147 Å². The summed E-state index contributed by atoms with van der Waals surface area (Å²) in [5.41, 5.74) is 0.720. The SMILES string of the molecule is CCOc1ccc(C(=O)N2CCC(c3nc(C4CC4)n[nH]3)CC2)cc1. The summed E-state index contributed by atoms with van der Waals surface area (Å²) in [7, 11) is 0. The fourth-order valence-electron chi connectivity index (χ4n) is 3.39. The van der Waals surface area contributed by atoms with E-state index in [0.29, 0.717) is 18.4 Å². The first-order chi connectivity index (χ1) is 12.2. The van der Waals surface area contributed by atoms with Gasteiger partial charge in [-0.15, -0.1) is 0 Å². The van der Waals surface area contributed by atoms with Gasteiger partial charge in [-0.25, -0.2) is 4.98 Å². The Morgan fingerprint density at radius 2 is 1.88 bits per heavy atom. The third-order valence-electron chi connectivity index (χ3n) is 5.04. The Kier molecular flexibility index (Phi) is 4.42. The van der Waals surface area contributed by atoms with Gasteiger partial charge in [0.1, 0.15) is 11.6 Å². The molecule has 1 aliphatic carbocycles. The van der Waals surface area contributed by atoms with Crippen molar-refractivity contribution in [1.82, 2.24) is 20.1 Å². The first-order valence-electron chi connectivity index (χ1n) is 9.19. The number of benzene rings is 1. The van der Waals surface area contributed by atoms with Crippen LogP contribution in [-0.4, -0.2) is 45.7 Å². The van der Waals surface area contributed by atoms with E-state index in [1.807, 2.05) is 36.1 Å². The molecule has 2 heterocycles. The molecule has 1 amide bonds. The molecule has 6 nitrogen and oxygen atoms in total. The topological polar surface area (TPSA) is 71.1 Å². The zero-order chi connectivity index (χ0) is 17.2. The number of ether oxygens (including phenoxy) is 1. The van der Waals surface area contributed by atoms with Gasteiger partial charge in [-0.1, -0.05) is 0 Å². The summed E-state index contributed by atoms with van der Waals surface area (Å²) in [5.74, 6) is 3.82. The molecular formula is C19H24N4O2. The van der Waals surface area contributed by atoms with Gasteiger partial charge in [0.15, 0.2) is 5.82 Å². The van der Waals surface area contributed by atoms with E-state index in [9.17, 15) is 4.79 Å². The lowest BCUT2D eigenvalue weighted by Crippen LogP contribution is -2.38. The summed E-state index contributed by atoms with van der Waals surface area (Å²) in [4.78, 5) is 19.3. The lowest BCUT2D eigenvalue weighted by atomic mass is 9.95. The molecule has 2 aromatic rings. The summed E-state index contributed by atoms with van der Waals surface area (Å²) >= 11 is 0. The number of piperidine rings is 1. The number of hydrogen-bond acceptors (Lipinski definition) is 4. The number of nitrogens with one attached hydrogen (secondary N) is 1. The van der Waals surface area contributed by atoms with Crippen LogP contribution in [0.4, 0.5) is 0 Å². The lowest BCUT2D eigenvalue weighted by molar-refractivity contribution is 0.0711. The van der Waals surface area contributed by atoms with Crippen molar-refractivity contribution in [3.8, 4) is 5.75 Å². The highest BCUT2D eigenvalue weighted by atomic mass is 16.5. The maximum atomic E-state index is 12.7. The average molecular weight is 340 g/mol. The van der Waals surface area contributed by atoms with E-state index >= 15 is 0 Å². The molecule has 6 heteroatoms. The number of rotatable bonds is 5. The van der Waals surface area contributed by atoms with Crippen molar-refractivity contribution in [1.29, 1.82) is 0 Å². The van der Waals surface area contributed by atoms with E-state index in [2.05, 4.69) is 15.2 Å². The molecule has 1 saturated carbocycles. The molecule has 25 heavy (non-hydrogen) atoms. The second kappa shape index (κ2) is 6.86. The van der Waals surface area contributed by atoms with Crippen LogP contribution in [0, 0.1) is 0 Å². The number of likely N-dealkylation sites (tertiary alicyclic amines) is 1. The predicted molar refractivity (Wildman–Crippen MR) is 93.8 cm³/mol. The Morgan fingerprint density at radius 1 is 1.16 bits per heavy atom. The van der Waals surface area contributed by atoms with Crippen LogP contribution in [-0.2, 0) is 0 Å². The number of carbonyl (C=O) groups is 1. The minimum absolute atomic E-state index is 0.0951. The highest BCUT2D eigenvalue weighted by Gasteiger charge is 2.30. The zero-order valence-corrected chi connectivity index (χ0v) is 14.6. The molecule has 0 radical (unpaired) electrons. The predicted octanol–water partition coefficient (Wildman–Crippen LogP) is 3.10. The van der Waals surface area contributed by atoms with Gasteiger partial charge in [-0.3, -0.25) is 9.89 Å². The van der Waals surface area contributed by atoms with Gasteiger partial charge >= 0.3 is 0 Å². The van der Waals surface area contributed by atoms with Crippen molar-refractivity contribution in [2.75, 3.05) is 19.7 Å².